The van der Waals surface area contributed by atoms with E-state index in [4.69, 9.17) is 4.98 Å². The predicted octanol–water partition coefficient (Wildman–Crippen LogP) is 6.49. The summed E-state index contributed by atoms with van der Waals surface area (Å²) in [6.45, 7) is 1.92. The minimum absolute atomic E-state index is 0.519. The van der Waals surface area contributed by atoms with Crippen LogP contribution in [0, 0.1) is 5.41 Å². The number of benzene rings is 3. The lowest BCUT2D eigenvalue weighted by Gasteiger charge is -2.18. The fourth-order valence-corrected chi connectivity index (χ4v) is 5.13. The zero-order valence-electron chi connectivity index (χ0n) is 22.1. The van der Waals surface area contributed by atoms with Crippen molar-refractivity contribution >= 4 is 17.0 Å². The molecular weight excluding hydrogens is 464 g/mol. The maximum atomic E-state index is 9.26. The Morgan fingerprint density at radius 3 is 2.16 bits per heavy atom. The van der Waals surface area contributed by atoms with E-state index in [0.29, 0.717) is 5.71 Å². The molecule has 3 aromatic carbocycles. The number of aromatic nitrogens is 1. The molecule has 1 aromatic heterocycles. The van der Waals surface area contributed by atoms with Gasteiger partial charge in [0.15, 0.2) is 0 Å². The first-order valence-corrected chi connectivity index (χ1v) is 13.6. The van der Waals surface area contributed by atoms with Crippen LogP contribution < -0.4 is 10.6 Å². The van der Waals surface area contributed by atoms with Crippen molar-refractivity contribution in [2.45, 2.75) is 32.1 Å². The summed E-state index contributed by atoms with van der Waals surface area (Å²) in [6, 6.07) is 31.8. The minimum Gasteiger partial charge on any atom is -0.388 e. The number of rotatable bonds is 10. The third-order valence-electron chi connectivity index (χ3n) is 7.30. The van der Waals surface area contributed by atoms with Crippen LogP contribution in [0.3, 0.4) is 0 Å². The number of nitrogens with zero attached hydrogens (tertiary/aromatic N) is 1. The van der Waals surface area contributed by atoms with Gasteiger partial charge in [-0.15, -0.1) is 0 Å². The highest BCUT2D eigenvalue weighted by Gasteiger charge is 2.17. The Hall–Kier alpha value is -4.02. The summed E-state index contributed by atoms with van der Waals surface area (Å²) in [7, 11) is 1.94. The van der Waals surface area contributed by atoms with Gasteiger partial charge in [-0.2, -0.15) is 0 Å². The van der Waals surface area contributed by atoms with E-state index in [2.05, 4.69) is 108 Å². The van der Waals surface area contributed by atoms with Gasteiger partial charge in [0.05, 0.1) is 11.4 Å². The van der Waals surface area contributed by atoms with E-state index >= 15 is 0 Å². The smallest absolute Gasteiger partial charge is 0.0723 e. The molecule has 0 bridgehead atoms. The van der Waals surface area contributed by atoms with Gasteiger partial charge in [0.2, 0.25) is 0 Å². The summed E-state index contributed by atoms with van der Waals surface area (Å²) in [5.74, 6) is 0. The summed E-state index contributed by atoms with van der Waals surface area (Å²) in [5.41, 5.74) is 10.6. The molecule has 0 saturated carbocycles. The molecule has 192 valence electrons. The molecule has 4 aromatic rings. The van der Waals surface area contributed by atoms with Crippen LogP contribution in [0.5, 0.6) is 0 Å². The molecule has 4 heteroatoms. The molecule has 0 spiro atoms. The van der Waals surface area contributed by atoms with E-state index in [1.54, 1.807) is 0 Å². The van der Waals surface area contributed by atoms with Crippen molar-refractivity contribution in [2.24, 2.45) is 0 Å². The van der Waals surface area contributed by atoms with Crippen molar-refractivity contribution in [3.63, 3.8) is 0 Å². The Bertz CT molecular complexity index is 1410. The van der Waals surface area contributed by atoms with Crippen molar-refractivity contribution in [2.75, 3.05) is 25.5 Å². The van der Waals surface area contributed by atoms with E-state index in [1.165, 1.54) is 22.3 Å². The summed E-state index contributed by atoms with van der Waals surface area (Å²) in [5, 5.41) is 16.0. The minimum atomic E-state index is 0.519. The third-order valence-corrected chi connectivity index (χ3v) is 7.30. The first-order chi connectivity index (χ1) is 18.7. The maximum Gasteiger partial charge on any atom is 0.0723 e. The van der Waals surface area contributed by atoms with Crippen LogP contribution in [0.15, 0.2) is 97.1 Å². The summed E-state index contributed by atoms with van der Waals surface area (Å²) >= 11 is 0. The fraction of sp³-hybridized carbons (Fsp3) is 0.235. The maximum absolute atomic E-state index is 9.26. The highest BCUT2D eigenvalue weighted by Crippen LogP contribution is 2.28. The number of nitrogens with one attached hydrogen (secondary N) is 3. The zero-order valence-corrected chi connectivity index (χ0v) is 22.1. The van der Waals surface area contributed by atoms with E-state index in [-0.39, 0.29) is 0 Å². The van der Waals surface area contributed by atoms with E-state index < -0.39 is 0 Å². The molecule has 2 heterocycles. The molecular formula is C34H36N4. The number of hydrogen-bond acceptors (Lipinski definition) is 4. The van der Waals surface area contributed by atoms with Gasteiger partial charge in [-0.25, -0.2) is 0 Å². The number of hydrogen-bond donors (Lipinski definition) is 3. The van der Waals surface area contributed by atoms with Gasteiger partial charge in [0, 0.05) is 36.1 Å². The van der Waals surface area contributed by atoms with Crippen molar-refractivity contribution < 1.29 is 0 Å². The number of aryl methyl sites for hydroxylation is 4. The summed E-state index contributed by atoms with van der Waals surface area (Å²) < 4.78 is 0. The molecule has 4 nitrogen and oxygen atoms in total. The SMILES string of the molecule is CNc1cc(C2=CCNCC2)ccc1C(=N)c1ccc(CCc2ccccc2)nc1CCc1ccccc1. The molecule has 3 N–H and O–H groups in total. The van der Waals surface area contributed by atoms with Crippen LogP contribution >= 0.6 is 0 Å². The average molecular weight is 501 g/mol. The van der Waals surface area contributed by atoms with Crippen LogP contribution in [-0.2, 0) is 25.7 Å². The number of anilines is 1. The third kappa shape index (κ3) is 6.27. The standard InChI is InChI=1S/C34H36N4/c1-36-33-24-28(27-20-22-37-23-21-27)14-17-31(33)34(35)30-18-16-29(15-12-25-8-4-2-5-9-25)38-32(30)19-13-26-10-6-3-7-11-26/h2-11,14,16-18,20,24,35-37H,12-13,15,19,21-23H2,1H3. The lowest BCUT2D eigenvalue weighted by Crippen LogP contribution is -2.20. The fourth-order valence-electron chi connectivity index (χ4n) is 5.13. The van der Waals surface area contributed by atoms with Crippen molar-refractivity contribution in [1.82, 2.24) is 10.3 Å². The molecule has 0 saturated heterocycles. The van der Waals surface area contributed by atoms with Crippen molar-refractivity contribution in [1.29, 1.82) is 5.41 Å². The Balaban J connectivity index is 1.43. The second kappa shape index (κ2) is 12.5. The van der Waals surface area contributed by atoms with Crippen molar-refractivity contribution in [3.8, 4) is 0 Å². The highest BCUT2D eigenvalue weighted by atomic mass is 14.9. The second-order valence-electron chi connectivity index (χ2n) is 9.84. The monoisotopic (exact) mass is 500 g/mol. The van der Waals surface area contributed by atoms with Gasteiger partial charge >= 0.3 is 0 Å². The molecule has 1 aliphatic rings. The van der Waals surface area contributed by atoms with Gasteiger partial charge < -0.3 is 10.6 Å². The molecule has 0 fully saturated rings. The molecule has 0 atom stereocenters. The summed E-state index contributed by atoms with van der Waals surface area (Å²) in [6.07, 6.45) is 6.83. The molecule has 0 aliphatic carbocycles. The van der Waals surface area contributed by atoms with E-state index in [1.807, 2.05) is 7.05 Å². The van der Waals surface area contributed by atoms with Gasteiger partial charge in [0.1, 0.15) is 0 Å². The lowest BCUT2D eigenvalue weighted by molar-refractivity contribution is 0.738. The van der Waals surface area contributed by atoms with E-state index in [9.17, 15) is 5.41 Å². The topological polar surface area (TPSA) is 60.8 Å². The predicted molar refractivity (Wildman–Crippen MR) is 159 cm³/mol. The molecule has 0 amide bonds. The highest BCUT2D eigenvalue weighted by molar-refractivity contribution is 6.14. The lowest BCUT2D eigenvalue weighted by atomic mass is 9.93. The molecule has 5 rings (SSSR count). The normalized spacial score (nSPS) is 13.1. The quantitative estimate of drug-likeness (QED) is 0.218. The van der Waals surface area contributed by atoms with Gasteiger partial charge in [-0.05, 0) is 79.1 Å². The first kappa shape index (κ1) is 25.6. The van der Waals surface area contributed by atoms with Gasteiger partial charge in [0.25, 0.3) is 0 Å². The average Bonchev–Trinajstić information content (AvgIpc) is 3.00. The summed E-state index contributed by atoms with van der Waals surface area (Å²) in [4.78, 5) is 5.12. The van der Waals surface area contributed by atoms with Crippen LogP contribution in [0.2, 0.25) is 0 Å². The van der Waals surface area contributed by atoms with Gasteiger partial charge in [-0.3, -0.25) is 10.4 Å². The van der Waals surface area contributed by atoms with Gasteiger partial charge in [-0.1, -0.05) is 78.9 Å². The molecule has 0 unspecified atom stereocenters. The van der Waals surface area contributed by atoms with Crippen molar-refractivity contribution in [3.05, 3.63) is 136 Å². The van der Waals surface area contributed by atoms with Crippen LogP contribution in [-0.4, -0.2) is 30.8 Å². The van der Waals surface area contributed by atoms with Crippen LogP contribution in [0.4, 0.5) is 5.69 Å². The Morgan fingerprint density at radius 1 is 0.816 bits per heavy atom. The number of pyridine rings is 1. The Kier molecular flexibility index (Phi) is 8.42. The Morgan fingerprint density at radius 2 is 1.50 bits per heavy atom. The largest absolute Gasteiger partial charge is 0.388 e. The molecule has 0 radical (unpaired) electrons. The zero-order chi connectivity index (χ0) is 26.2. The second-order valence-corrected chi connectivity index (χ2v) is 9.84. The molecule has 38 heavy (non-hydrogen) atoms. The van der Waals surface area contributed by atoms with Crippen LogP contribution in [0.25, 0.3) is 5.57 Å². The first-order valence-electron chi connectivity index (χ1n) is 13.6. The molecule has 1 aliphatic heterocycles. The van der Waals surface area contributed by atoms with Crippen LogP contribution in [0.1, 0.15) is 45.6 Å². The van der Waals surface area contributed by atoms with E-state index in [0.717, 1.165) is 73.4 Å². The Labute approximate surface area is 226 Å².